The highest BCUT2D eigenvalue weighted by Crippen LogP contribution is 2.42. The van der Waals surface area contributed by atoms with Crippen LogP contribution in [-0.2, 0) is 24.4 Å². The van der Waals surface area contributed by atoms with Crippen LogP contribution in [0.5, 0.6) is 0 Å². The van der Waals surface area contributed by atoms with E-state index in [2.05, 4.69) is 57.6 Å². The molecule has 2 atom stereocenters. The fourth-order valence-corrected chi connectivity index (χ4v) is 6.83. The van der Waals surface area contributed by atoms with Crippen LogP contribution in [-0.4, -0.2) is 21.9 Å². The Kier molecular flexibility index (Phi) is 6.68. The normalized spacial score (nSPS) is 20.2. The zero-order valence-corrected chi connectivity index (χ0v) is 20.1. The van der Waals surface area contributed by atoms with Gasteiger partial charge in [-0.2, -0.15) is 4.72 Å². The van der Waals surface area contributed by atoms with Crippen LogP contribution in [0.2, 0.25) is 10.0 Å². The lowest BCUT2D eigenvalue weighted by atomic mass is 9.76. The van der Waals surface area contributed by atoms with Crippen molar-refractivity contribution >= 4 is 40.4 Å². The number of rotatable bonds is 4. The number of halogens is 2. The Balaban J connectivity index is 1.42. The number of nitrogens with one attached hydrogen (secondary N) is 1. The van der Waals surface area contributed by atoms with Crippen molar-refractivity contribution in [3.8, 4) is 0 Å². The highest BCUT2D eigenvalue weighted by Gasteiger charge is 2.37. The highest BCUT2D eigenvalue weighted by molar-refractivity contribution is 7.90. The summed E-state index contributed by atoms with van der Waals surface area (Å²) in [4.78, 5) is 0. The molecule has 3 aromatic carbocycles. The van der Waals surface area contributed by atoms with Crippen LogP contribution in [0, 0.1) is 5.92 Å². The Morgan fingerprint density at radius 2 is 1.56 bits per heavy atom. The number of aryl methyl sites for hydroxylation is 2. The summed E-state index contributed by atoms with van der Waals surface area (Å²) in [5.74, 6) is 0.722. The third kappa shape index (κ3) is 4.52. The van der Waals surface area contributed by atoms with E-state index in [1.165, 1.54) is 22.3 Å². The highest BCUT2D eigenvalue weighted by atomic mass is 35.5. The fourth-order valence-electron chi connectivity index (χ4n) is 5.20. The number of nitrogens with zero attached hydrogens (tertiary/aromatic N) is 1. The van der Waals surface area contributed by atoms with Gasteiger partial charge in [-0.05, 0) is 72.1 Å². The van der Waals surface area contributed by atoms with Crippen LogP contribution >= 0.6 is 23.2 Å². The van der Waals surface area contributed by atoms with E-state index in [1.54, 1.807) is 18.2 Å². The molecule has 2 aliphatic rings. The maximum atomic E-state index is 13.2. The molecular formula is C26H26Cl2N2OS. The minimum Gasteiger partial charge on any atom is -0.573 e. The second-order valence-corrected chi connectivity index (χ2v) is 10.7. The first-order chi connectivity index (χ1) is 15.6. The summed E-state index contributed by atoms with van der Waals surface area (Å²) in [5, 5.41) is 1.04. The number of piperidine rings is 1. The predicted molar refractivity (Wildman–Crippen MR) is 135 cm³/mol. The largest absolute Gasteiger partial charge is 0.573 e. The van der Waals surface area contributed by atoms with Gasteiger partial charge in [-0.1, -0.05) is 71.7 Å². The molecule has 0 spiro atoms. The molecule has 32 heavy (non-hydrogen) atoms. The lowest BCUT2D eigenvalue weighted by Crippen LogP contribution is -2.44. The van der Waals surface area contributed by atoms with Crippen molar-refractivity contribution < 1.29 is 4.55 Å². The van der Waals surface area contributed by atoms with Crippen LogP contribution in [0.1, 0.15) is 41.0 Å². The lowest BCUT2D eigenvalue weighted by molar-refractivity contribution is 0.249. The van der Waals surface area contributed by atoms with E-state index in [0.29, 0.717) is 27.6 Å². The van der Waals surface area contributed by atoms with Crippen molar-refractivity contribution in [3.63, 3.8) is 0 Å². The summed E-state index contributed by atoms with van der Waals surface area (Å²) in [7, 11) is 0. The van der Waals surface area contributed by atoms with Gasteiger partial charge < -0.3 is 4.55 Å². The van der Waals surface area contributed by atoms with Crippen LogP contribution in [0.3, 0.4) is 0 Å². The molecule has 0 aromatic heterocycles. The summed E-state index contributed by atoms with van der Waals surface area (Å²) in [6.07, 6.45) is 4.29. The van der Waals surface area contributed by atoms with E-state index in [4.69, 9.17) is 23.2 Å². The first kappa shape index (κ1) is 22.1. The average molecular weight is 485 g/mol. The van der Waals surface area contributed by atoms with Gasteiger partial charge in [0.15, 0.2) is 11.5 Å². The molecule has 0 saturated carbocycles. The van der Waals surface area contributed by atoms with Crippen molar-refractivity contribution in [2.24, 2.45) is 5.92 Å². The number of fused-ring (bicyclic) bond motifs is 2. The molecule has 1 aliphatic carbocycles. The summed E-state index contributed by atoms with van der Waals surface area (Å²) in [6, 6.07) is 22.9. The van der Waals surface area contributed by atoms with Crippen molar-refractivity contribution in [2.45, 2.75) is 31.6 Å². The van der Waals surface area contributed by atoms with E-state index in [9.17, 15) is 4.55 Å². The Morgan fingerprint density at radius 1 is 0.906 bits per heavy atom. The van der Waals surface area contributed by atoms with Gasteiger partial charge in [0.05, 0.1) is 11.6 Å². The maximum absolute atomic E-state index is 13.2. The third-order valence-electron chi connectivity index (χ3n) is 6.70. The SMILES string of the molecule is [O-][S+](Nc1ccc(Cl)cc1Cl)N1CCCC(C2c3ccccc3CCc3ccccc32)C1. The molecule has 3 nitrogen and oxygen atoms in total. The first-order valence-electron chi connectivity index (χ1n) is 11.1. The van der Waals surface area contributed by atoms with Crippen LogP contribution in [0.15, 0.2) is 66.7 Å². The monoisotopic (exact) mass is 484 g/mol. The maximum Gasteiger partial charge on any atom is 0.166 e. The lowest BCUT2D eigenvalue weighted by Gasteiger charge is -2.37. The zero-order valence-electron chi connectivity index (χ0n) is 17.8. The number of hydrogen-bond donors (Lipinski definition) is 1. The quantitative estimate of drug-likeness (QED) is 0.422. The van der Waals surface area contributed by atoms with E-state index in [0.717, 1.165) is 38.8 Å². The van der Waals surface area contributed by atoms with Crippen molar-refractivity contribution in [2.75, 3.05) is 17.8 Å². The van der Waals surface area contributed by atoms with Gasteiger partial charge in [0, 0.05) is 17.5 Å². The summed E-state index contributed by atoms with van der Waals surface area (Å²) in [5.41, 5.74) is 6.39. The Morgan fingerprint density at radius 3 is 2.22 bits per heavy atom. The van der Waals surface area contributed by atoms with E-state index < -0.39 is 11.5 Å². The molecule has 1 N–H and O–H groups in total. The van der Waals surface area contributed by atoms with Gasteiger partial charge in [-0.3, -0.25) is 0 Å². The van der Waals surface area contributed by atoms with Crippen LogP contribution in [0.25, 0.3) is 0 Å². The Bertz CT molecular complexity index is 1060. The Labute approximate surface area is 203 Å². The van der Waals surface area contributed by atoms with Crippen LogP contribution in [0.4, 0.5) is 5.69 Å². The molecular weight excluding hydrogens is 459 g/mol. The average Bonchev–Trinajstić information content (AvgIpc) is 2.98. The molecule has 0 bridgehead atoms. The van der Waals surface area contributed by atoms with E-state index in [-0.39, 0.29) is 0 Å². The molecule has 3 aromatic rings. The van der Waals surface area contributed by atoms with Gasteiger partial charge in [0.1, 0.15) is 5.69 Å². The second-order valence-electron chi connectivity index (χ2n) is 8.64. The van der Waals surface area contributed by atoms with Gasteiger partial charge in [-0.15, -0.1) is 4.31 Å². The van der Waals surface area contributed by atoms with Crippen molar-refractivity contribution in [1.29, 1.82) is 0 Å². The minimum atomic E-state index is -1.36. The second kappa shape index (κ2) is 9.66. The molecule has 0 amide bonds. The molecule has 1 aliphatic heterocycles. The van der Waals surface area contributed by atoms with Gasteiger partial charge >= 0.3 is 0 Å². The molecule has 1 fully saturated rings. The summed E-state index contributed by atoms with van der Waals surface area (Å²) >= 11 is 10.9. The van der Waals surface area contributed by atoms with Gasteiger partial charge in [0.2, 0.25) is 0 Å². The zero-order chi connectivity index (χ0) is 22.1. The van der Waals surface area contributed by atoms with E-state index >= 15 is 0 Å². The van der Waals surface area contributed by atoms with Gasteiger partial charge in [0.25, 0.3) is 0 Å². The number of anilines is 1. The predicted octanol–water partition coefficient (Wildman–Crippen LogP) is 6.63. The molecule has 6 heteroatoms. The fraction of sp³-hybridized carbons (Fsp3) is 0.308. The number of benzene rings is 3. The minimum absolute atomic E-state index is 0.323. The van der Waals surface area contributed by atoms with Crippen LogP contribution < -0.4 is 4.72 Å². The molecule has 2 unspecified atom stereocenters. The molecule has 166 valence electrons. The molecule has 5 rings (SSSR count). The van der Waals surface area contributed by atoms with E-state index in [1.807, 2.05) is 0 Å². The molecule has 1 heterocycles. The standard InChI is InChI=1S/C26H26Cl2N2OS/c27-21-13-14-25(24(28)16-21)29-32(31)30-15-5-8-20(17-30)26-22-9-3-1-6-18(22)11-12-19-7-2-4-10-23(19)26/h1-4,6-7,9-10,13-14,16,20,26,29H,5,8,11-12,15,17H2. The van der Waals surface area contributed by atoms with Crippen molar-refractivity contribution in [3.05, 3.63) is 99.0 Å². The Hall–Kier alpha value is -1.69. The first-order valence-corrected chi connectivity index (χ1v) is 13.0. The summed E-state index contributed by atoms with van der Waals surface area (Å²) < 4.78 is 18.4. The topological polar surface area (TPSA) is 38.3 Å². The number of hydrogen-bond acceptors (Lipinski definition) is 3. The molecule has 0 radical (unpaired) electrons. The third-order valence-corrected chi connectivity index (χ3v) is 8.44. The van der Waals surface area contributed by atoms with Crippen molar-refractivity contribution in [1.82, 2.24) is 4.31 Å². The smallest absolute Gasteiger partial charge is 0.166 e. The summed E-state index contributed by atoms with van der Waals surface area (Å²) in [6.45, 7) is 1.58. The van der Waals surface area contributed by atoms with Gasteiger partial charge in [-0.25, -0.2) is 0 Å². The molecule has 1 saturated heterocycles.